The van der Waals surface area contributed by atoms with Crippen molar-refractivity contribution in [1.82, 2.24) is 14.7 Å². The van der Waals surface area contributed by atoms with E-state index in [2.05, 4.69) is 20.8 Å². The first kappa shape index (κ1) is 19.9. The Kier molecular flexibility index (Phi) is 5.87. The number of likely N-dealkylation sites (tertiary alicyclic amines) is 1. The number of amides is 2. The third kappa shape index (κ3) is 4.16. The van der Waals surface area contributed by atoms with Gasteiger partial charge in [-0.2, -0.15) is 0 Å². The number of rotatable bonds is 4. The molecule has 0 atom stereocenters. The summed E-state index contributed by atoms with van der Waals surface area (Å²) in [4.78, 5) is 31.5. The van der Waals surface area contributed by atoms with E-state index in [1.165, 1.54) is 0 Å². The number of carbonyl (C=O) groups is 2. The smallest absolute Gasteiger partial charge is 0.257 e. The molecule has 0 spiro atoms. The Bertz CT molecular complexity index is 891. The van der Waals surface area contributed by atoms with Crippen LogP contribution < -0.4 is 4.74 Å². The van der Waals surface area contributed by atoms with Gasteiger partial charge < -0.3 is 14.5 Å². The summed E-state index contributed by atoms with van der Waals surface area (Å²) in [6.07, 6.45) is 0. The molecule has 0 saturated carbocycles. The van der Waals surface area contributed by atoms with Crippen LogP contribution in [0.15, 0.2) is 53.0 Å². The minimum Gasteiger partial charge on any atom is -0.496 e. The Hall–Kier alpha value is -2.38. The monoisotopic (exact) mass is 457 g/mol. The molecule has 2 aliphatic heterocycles. The van der Waals surface area contributed by atoms with Crippen LogP contribution in [-0.2, 0) is 0 Å². The highest BCUT2D eigenvalue weighted by atomic mass is 79.9. The molecule has 2 fully saturated rings. The number of carbonyl (C=O) groups excluding carboxylic acids is 2. The maximum atomic E-state index is 12.8. The van der Waals surface area contributed by atoms with Crippen molar-refractivity contribution in [2.75, 3.05) is 46.4 Å². The summed E-state index contributed by atoms with van der Waals surface area (Å²) in [7, 11) is 1.58. The lowest BCUT2D eigenvalue weighted by molar-refractivity contribution is 0.00840. The quantitative estimate of drug-likeness (QED) is 0.708. The van der Waals surface area contributed by atoms with Crippen LogP contribution in [0.2, 0.25) is 0 Å². The summed E-state index contributed by atoms with van der Waals surface area (Å²) >= 11 is 3.41. The maximum Gasteiger partial charge on any atom is 0.257 e. The van der Waals surface area contributed by atoms with E-state index in [-0.39, 0.29) is 11.8 Å². The van der Waals surface area contributed by atoms with E-state index in [1.807, 2.05) is 52.3 Å². The molecule has 2 aromatic rings. The highest BCUT2D eigenvalue weighted by Crippen LogP contribution is 2.27. The van der Waals surface area contributed by atoms with Crippen LogP contribution >= 0.6 is 15.9 Å². The fourth-order valence-electron chi connectivity index (χ4n) is 3.92. The summed E-state index contributed by atoms with van der Waals surface area (Å²) in [5, 5.41) is 0. The zero-order valence-corrected chi connectivity index (χ0v) is 18.0. The summed E-state index contributed by atoms with van der Waals surface area (Å²) < 4.78 is 6.24. The molecule has 0 N–H and O–H groups in total. The van der Waals surface area contributed by atoms with Gasteiger partial charge in [-0.3, -0.25) is 14.5 Å². The second-order valence-electron chi connectivity index (χ2n) is 7.40. The highest BCUT2D eigenvalue weighted by molar-refractivity contribution is 9.10. The Morgan fingerprint density at radius 2 is 1.62 bits per heavy atom. The Morgan fingerprint density at radius 3 is 2.28 bits per heavy atom. The van der Waals surface area contributed by atoms with E-state index >= 15 is 0 Å². The van der Waals surface area contributed by atoms with Crippen molar-refractivity contribution >= 4 is 27.7 Å². The van der Waals surface area contributed by atoms with Crippen LogP contribution in [0, 0.1) is 0 Å². The molecule has 152 valence electrons. The first-order chi connectivity index (χ1) is 14.1. The molecular formula is C22H24BrN3O3. The fourth-order valence-corrected chi connectivity index (χ4v) is 4.26. The Morgan fingerprint density at radius 1 is 0.931 bits per heavy atom. The Balaban J connectivity index is 1.29. The first-order valence-corrected chi connectivity index (χ1v) is 10.6. The van der Waals surface area contributed by atoms with Crippen LogP contribution in [0.5, 0.6) is 5.75 Å². The summed E-state index contributed by atoms with van der Waals surface area (Å²) in [5.41, 5.74) is 1.33. The molecule has 2 aliphatic rings. The van der Waals surface area contributed by atoms with Crippen LogP contribution in [0.4, 0.5) is 0 Å². The van der Waals surface area contributed by atoms with Crippen LogP contribution in [0.3, 0.4) is 0 Å². The van der Waals surface area contributed by atoms with E-state index < -0.39 is 0 Å². The zero-order chi connectivity index (χ0) is 20.4. The first-order valence-electron chi connectivity index (χ1n) is 9.78. The molecule has 0 radical (unpaired) electrons. The average molecular weight is 458 g/mol. The van der Waals surface area contributed by atoms with Gasteiger partial charge in [0, 0.05) is 55.3 Å². The third-order valence-corrected chi connectivity index (χ3v) is 6.18. The average Bonchev–Trinajstić information content (AvgIpc) is 2.73. The number of piperazine rings is 1. The second kappa shape index (κ2) is 8.55. The van der Waals surface area contributed by atoms with Crippen molar-refractivity contribution in [3.05, 3.63) is 64.1 Å². The van der Waals surface area contributed by atoms with Gasteiger partial charge in [0.1, 0.15) is 5.75 Å². The van der Waals surface area contributed by atoms with Crippen LogP contribution in [0.25, 0.3) is 0 Å². The molecule has 0 bridgehead atoms. The van der Waals surface area contributed by atoms with Gasteiger partial charge in [-0.05, 0) is 30.3 Å². The van der Waals surface area contributed by atoms with E-state index in [1.54, 1.807) is 13.2 Å². The van der Waals surface area contributed by atoms with Crippen molar-refractivity contribution in [3.8, 4) is 5.75 Å². The second-order valence-corrected chi connectivity index (χ2v) is 8.32. The van der Waals surface area contributed by atoms with Gasteiger partial charge >= 0.3 is 0 Å². The van der Waals surface area contributed by atoms with Crippen LogP contribution in [0.1, 0.15) is 20.7 Å². The number of hydrogen-bond acceptors (Lipinski definition) is 4. The lowest BCUT2D eigenvalue weighted by Crippen LogP contribution is -2.64. The predicted octanol–water partition coefficient (Wildman–Crippen LogP) is 2.74. The van der Waals surface area contributed by atoms with Crippen molar-refractivity contribution < 1.29 is 14.3 Å². The molecule has 0 aromatic heterocycles. The van der Waals surface area contributed by atoms with Gasteiger partial charge in [0.15, 0.2) is 0 Å². The lowest BCUT2D eigenvalue weighted by atomic mass is 10.0. The molecular weight excluding hydrogens is 434 g/mol. The molecule has 0 aliphatic carbocycles. The van der Waals surface area contributed by atoms with Gasteiger partial charge in [-0.25, -0.2) is 0 Å². The normalized spacial score (nSPS) is 17.7. The summed E-state index contributed by atoms with van der Waals surface area (Å²) in [5.74, 6) is 0.683. The minimum absolute atomic E-state index is 0.00323. The third-order valence-electron chi connectivity index (χ3n) is 5.68. The largest absolute Gasteiger partial charge is 0.496 e. The van der Waals surface area contributed by atoms with Gasteiger partial charge in [0.2, 0.25) is 0 Å². The predicted molar refractivity (Wildman–Crippen MR) is 114 cm³/mol. The number of methoxy groups -OCH3 is 1. The molecule has 2 aromatic carbocycles. The SMILES string of the molecule is COc1cc(Br)ccc1C(=O)N1CC(N2CCN(C(=O)c3ccccc3)CC2)C1. The summed E-state index contributed by atoms with van der Waals surface area (Å²) in [6, 6.07) is 15.3. The van der Waals surface area contributed by atoms with Gasteiger partial charge in [0.25, 0.3) is 11.8 Å². The molecule has 0 unspecified atom stereocenters. The van der Waals surface area contributed by atoms with Crippen molar-refractivity contribution in [2.45, 2.75) is 6.04 Å². The number of ether oxygens (including phenoxy) is 1. The topological polar surface area (TPSA) is 53.1 Å². The van der Waals surface area contributed by atoms with E-state index in [4.69, 9.17) is 4.74 Å². The standard InChI is InChI=1S/C22H24BrN3O3/c1-29-20-13-17(23)7-8-19(20)22(28)26-14-18(15-26)24-9-11-25(12-10-24)21(27)16-5-3-2-4-6-16/h2-8,13,18H,9-12,14-15H2,1H3. The minimum atomic E-state index is 0.00323. The lowest BCUT2D eigenvalue weighted by Gasteiger charge is -2.48. The van der Waals surface area contributed by atoms with Gasteiger partial charge in [-0.1, -0.05) is 34.1 Å². The highest BCUT2D eigenvalue weighted by Gasteiger charge is 2.37. The van der Waals surface area contributed by atoms with E-state index in [9.17, 15) is 9.59 Å². The number of halogens is 1. The number of hydrogen-bond donors (Lipinski definition) is 0. The zero-order valence-electron chi connectivity index (χ0n) is 16.4. The summed E-state index contributed by atoms with van der Waals surface area (Å²) in [6.45, 7) is 4.55. The molecule has 6 nitrogen and oxygen atoms in total. The molecule has 2 amide bonds. The maximum absolute atomic E-state index is 12.8. The number of nitrogens with zero attached hydrogens (tertiary/aromatic N) is 3. The van der Waals surface area contributed by atoms with Gasteiger partial charge in [-0.15, -0.1) is 0 Å². The molecule has 7 heteroatoms. The molecule has 4 rings (SSSR count). The van der Waals surface area contributed by atoms with Crippen molar-refractivity contribution in [1.29, 1.82) is 0 Å². The Labute approximate surface area is 179 Å². The molecule has 2 saturated heterocycles. The van der Waals surface area contributed by atoms with Gasteiger partial charge in [0.05, 0.1) is 12.7 Å². The van der Waals surface area contributed by atoms with E-state index in [0.717, 1.165) is 36.2 Å². The molecule has 2 heterocycles. The van der Waals surface area contributed by atoms with E-state index in [0.29, 0.717) is 30.4 Å². The molecule has 29 heavy (non-hydrogen) atoms. The van der Waals surface area contributed by atoms with Crippen LogP contribution in [-0.4, -0.2) is 78.9 Å². The fraction of sp³-hybridized carbons (Fsp3) is 0.364. The number of benzene rings is 2. The van der Waals surface area contributed by atoms with Crippen molar-refractivity contribution in [3.63, 3.8) is 0 Å². The van der Waals surface area contributed by atoms with Crippen molar-refractivity contribution in [2.24, 2.45) is 0 Å².